The quantitative estimate of drug-likeness (QED) is 0.677. The Kier molecular flexibility index (Phi) is 4.79. The summed E-state index contributed by atoms with van der Waals surface area (Å²) in [6.07, 6.45) is 1.27. The predicted octanol–water partition coefficient (Wildman–Crippen LogP) is 2.61. The van der Waals surface area contributed by atoms with Gasteiger partial charge in [0.15, 0.2) is 5.92 Å². The average Bonchev–Trinajstić information content (AvgIpc) is 2.63. The molecule has 1 N–H and O–H groups in total. The topological polar surface area (TPSA) is 88.1 Å². The van der Waals surface area contributed by atoms with E-state index in [-0.39, 0.29) is 0 Å². The van der Waals surface area contributed by atoms with Crippen molar-refractivity contribution < 1.29 is 19.1 Å². The van der Waals surface area contributed by atoms with Gasteiger partial charge in [-0.25, -0.2) is 9.69 Å². The standard InChI is InChI=1S/C19H17N3O4/c1-12-5-3-4-6-16(12)20-11-15-17(23)21-19(25)22(18(15)24)13-7-9-14(26-2)10-8-13/h3-11,15H,1-2H3,(H,21,23,25)/t15-/m1/s1. The number of carbonyl (C=O) groups is 3. The van der Waals surface area contributed by atoms with Gasteiger partial charge in [0.25, 0.3) is 5.91 Å². The number of amides is 4. The van der Waals surface area contributed by atoms with Crippen molar-refractivity contribution in [3.8, 4) is 5.75 Å². The number of nitrogens with one attached hydrogen (secondary N) is 1. The minimum atomic E-state index is -1.19. The van der Waals surface area contributed by atoms with Crippen LogP contribution in [0.25, 0.3) is 0 Å². The molecule has 0 aromatic heterocycles. The number of hydrogen-bond donors (Lipinski definition) is 1. The molecule has 0 unspecified atom stereocenters. The van der Waals surface area contributed by atoms with Crippen LogP contribution in [0, 0.1) is 12.8 Å². The van der Waals surface area contributed by atoms with Crippen molar-refractivity contribution in [2.24, 2.45) is 10.9 Å². The molecule has 2 aromatic carbocycles. The van der Waals surface area contributed by atoms with Crippen LogP contribution in [-0.2, 0) is 9.59 Å². The molecule has 0 radical (unpaired) electrons. The second-order valence-corrected chi connectivity index (χ2v) is 5.71. The lowest BCUT2D eigenvalue weighted by Gasteiger charge is -2.28. The number of carbonyl (C=O) groups excluding carboxylic acids is 3. The van der Waals surface area contributed by atoms with Crippen LogP contribution in [0.2, 0.25) is 0 Å². The van der Waals surface area contributed by atoms with Gasteiger partial charge in [0.1, 0.15) is 5.75 Å². The monoisotopic (exact) mass is 351 g/mol. The van der Waals surface area contributed by atoms with Crippen molar-refractivity contribution in [2.45, 2.75) is 6.92 Å². The maximum atomic E-state index is 12.7. The molecule has 1 aliphatic rings. The second-order valence-electron chi connectivity index (χ2n) is 5.71. The minimum Gasteiger partial charge on any atom is -0.497 e. The van der Waals surface area contributed by atoms with Crippen LogP contribution in [0.5, 0.6) is 5.75 Å². The lowest BCUT2D eigenvalue weighted by atomic mass is 10.1. The zero-order valence-corrected chi connectivity index (χ0v) is 14.3. The van der Waals surface area contributed by atoms with Gasteiger partial charge in [0.2, 0.25) is 5.91 Å². The van der Waals surface area contributed by atoms with Gasteiger partial charge in [0, 0.05) is 6.21 Å². The maximum Gasteiger partial charge on any atom is 0.335 e. The first-order valence-electron chi connectivity index (χ1n) is 7.94. The molecule has 1 aliphatic heterocycles. The summed E-state index contributed by atoms with van der Waals surface area (Å²) in [5.41, 5.74) is 1.91. The van der Waals surface area contributed by atoms with Gasteiger partial charge in [-0.05, 0) is 42.8 Å². The molecule has 0 saturated carbocycles. The number of hydrogen-bond acceptors (Lipinski definition) is 5. The smallest absolute Gasteiger partial charge is 0.335 e. The fraction of sp³-hybridized carbons (Fsp3) is 0.158. The highest BCUT2D eigenvalue weighted by molar-refractivity contribution is 6.32. The molecule has 7 nitrogen and oxygen atoms in total. The fourth-order valence-corrected chi connectivity index (χ4v) is 2.56. The fourth-order valence-electron chi connectivity index (χ4n) is 2.56. The first kappa shape index (κ1) is 17.3. The molecule has 0 aliphatic carbocycles. The van der Waals surface area contributed by atoms with Crippen molar-refractivity contribution in [3.05, 3.63) is 54.1 Å². The molecule has 0 spiro atoms. The number of rotatable bonds is 4. The first-order valence-corrected chi connectivity index (χ1v) is 7.94. The lowest BCUT2D eigenvalue weighted by Crippen LogP contribution is -2.58. The number of benzene rings is 2. The molecular weight excluding hydrogens is 334 g/mol. The Bertz CT molecular complexity index is 890. The van der Waals surface area contributed by atoms with E-state index in [0.29, 0.717) is 17.1 Å². The van der Waals surface area contributed by atoms with E-state index in [4.69, 9.17) is 4.74 Å². The normalized spacial score (nSPS) is 17.5. The van der Waals surface area contributed by atoms with Crippen molar-refractivity contribution in [2.75, 3.05) is 12.0 Å². The Morgan fingerprint density at radius 2 is 1.77 bits per heavy atom. The number of ether oxygens (including phenoxy) is 1. The summed E-state index contributed by atoms with van der Waals surface area (Å²) in [6, 6.07) is 13.0. The number of nitrogens with zero attached hydrogens (tertiary/aromatic N) is 2. The molecule has 0 bridgehead atoms. The molecule has 1 saturated heterocycles. The Hall–Kier alpha value is -3.48. The molecule has 26 heavy (non-hydrogen) atoms. The SMILES string of the molecule is COc1ccc(N2C(=O)NC(=O)[C@@H](C=Nc3ccccc3C)C2=O)cc1. The van der Waals surface area contributed by atoms with Crippen molar-refractivity contribution in [1.29, 1.82) is 0 Å². The Morgan fingerprint density at radius 1 is 1.08 bits per heavy atom. The highest BCUT2D eigenvalue weighted by Gasteiger charge is 2.40. The zero-order chi connectivity index (χ0) is 18.7. The molecule has 7 heteroatoms. The van der Waals surface area contributed by atoms with Gasteiger partial charge in [0.05, 0.1) is 18.5 Å². The van der Waals surface area contributed by atoms with Gasteiger partial charge in [-0.3, -0.25) is 19.9 Å². The molecular formula is C19H17N3O4. The van der Waals surface area contributed by atoms with E-state index in [1.165, 1.54) is 13.3 Å². The molecule has 1 heterocycles. The summed E-state index contributed by atoms with van der Waals surface area (Å²) in [5, 5.41) is 2.19. The number of para-hydroxylation sites is 1. The van der Waals surface area contributed by atoms with Crippen molar-refractivity contribution in [1.82, 2.24) is 5.32 Å². The molecule has 4 amide bonds. The number of anilines is 1. The summed E-state index contributed by atoms with van der Waals surface area (Å²) in [4.78, 5) is 42.2. The summed E-state index contributed by atoms with van der Waals surface area (Å²) in [6.45, 7) is 1.88. The number of imide groups is 2. The highest BCUT2D eigenvalue weighted by Crippen LogP contribution is 2.24. The summed E-state index contributed by atoms with van der Waals surface area (Å²) >= 11 is 0. The van der Waals surface area contributed by atoms with Crippen LogP contribution in [0.4, 0.5) is 16.2 Å². The number of aryl methyl sites for hydroxylation is 1. The van der Waals surface area contributed by atoms with E-state index in [2.05, 4.69) is 10.3 Å². The molecule has 3 rings (SSSR count). The minimum absolute atomic E-state index is 0.343. The van der Waals surface area contributed by atoms with Crippen LogP contribution < -0.4 is 15.0 Å². The lowest BCUT2D eigenvalue weighted by molar-refractivity contribution is -0.131. The van der Waals surface area contributed by atoms with E-state index in [9.17, 15) is 14.4 Å². The molecule has 132 valence electrons. The van der Waals surface area contributed by atoms with Gasteiger partial charge in [-0.15, -0.1) is 0 Å². The predicted molar refractivity (Wildman–Crippen MR) is 96.8 cm³/mol. The number of barbiturate groups is 1. The first-order chi connectivity index (χ1) is 12.5. The molecule has 1 atom stereocenters. The number of methoxy groups -OCH3 is 1. The van der Waals surface area contributed by atoms with Gasteiger partial charge >= 0.3 is 6.03 Å². The summed E-state index contributed by atoms with van der Waals surface area (Å²) in [7, 11) is 1.52. The Labute approximate surface area is 150 Å². The van der Waals surface area contributed by atoms with E-state index in [1.54, 1.807) is 30.3 Å². The summed E-state index contributed by atoms with van der Waals surface area (Å²) in [5.74, 6) is -1.94. The van der Waals surface area contributed by atoms with Gasteiger partial charge in [-0.1, -0.05) is 18.2 Å². The second kappa shape index (κ2) is 7.18. The molecule has 2 aromatic rings. The van der Waals surface area contributed by atoms with Gasteiger partial charge < -0.3 is 4.74 Å². The largest absolute Gasteiger partial charge is 0.497 e. The van der Waals surface area contributed by atoms with Crippen LogP contribution in [0.15, 0.2) is 53.5 Å². The molecule has 1 fully saturated rings. The van der Waals surface area contributed by atoms with E-state index in [0.717, 1.165) is 10.5 Å². The Morgan fingerprint density at radius 3 is 2.42 bits per heavy atom. The summed E-state index contributed by atoms with van der Waals surface area (Å²) < 4.78 is 5.07. The van der Waals surface area contributed by atoms with Crippen LogP contribution in [0.1, 0.15) is 5.56 Å². The highest BCUT2D eigenvalue weighted by atomic mass is 16.5. The Balaban J connectivity index is 1.89. The average molecular weight is 351 g/mol. The van der Waals surface area contributed by atoms with Crippen molar-refractivity contribution >= 4 is 35.4 Å². The van der Waals surface area contributed by atoms with E-state index >= 15 is 0 Å². The number of urea groups is 1. The van der Waals surface area contributed by atoms with E-state index in [1.807, 2.05) is 25.1 Å². The van der Waals surface area contributed by atoms with Crippen molar-refractivity contribution in [3.63, 3.8) is 0 Å². The van der Waals surface area contributed by atoms with Gasteiger partial charge in [-0.2, -0.15) is 0 Å². The van der Waals surface area contributed by atoms with Crippen LogP contribution >= 0.6 is 0 Å². The number of aliphatic imine (C=N–C) groups is 1. The third-order valence-corrected chi connectivity index (χ3v) is 4.01. The maximum absolute atomic E-state index is 12.7. The van der Waals surface area contributed by atoms with Crippen LogP contribution in [-0.4, -0.2) is 31.2 Å². The third kappa shape index (κ3) is 3.32. The zero-order valence-electron chi connectivity index (χ0n) is 14.3. The van der Waals surface area contributed by atoms with Crippen LogP contribution in [0.3, 0.4) is 0 Å². The van der Waals surface area contributed by atoms with E-state index < -0.39 is 23.8 Å². The third-order valence-electron chi connectivity index (χ3n) is 4.01.